The van der Waals surface area contributed by atoms with Crippen molar-refractivity contribution in [1.82, 2.24) is 5.32 Å². The molecule has 14 heavy (non-hydrogen) atoms. The molecule has 0 saturated carbocycles. The van der Waals surface area contributed by atoms with Crippen LogP contribution < -0.4 is 5.32 Å². The predicted molar refractivity (Wildman–Crippen MR) is 58.6 cm³/mol. The molecule has 1 saturated heterocycles. The zero-order valence-electron chi connectivity index (χ0n) is 8.16. The Hall–Kier alpha value is -0.670. The van der Waals surface area contributed by atoms with Gasteiger partial charge in [0.1, 0.15) is 5.78 Å². The van der Waals surface area contributed by atoms with E-state index in [9.17, 15) is 4.79 Å². The van der Waals surface area contributed by atoms with Crippen LogP contribution in [0.25, 0.3) is 0 Å². The van der Waals surface area contributed by atoms with Gasteiger partial charge in [-0.15, -0.1) is 11.3 Å². The highest BCUT2D eigenvalue weighted by Gasteiger charge is 2.21. The Bertz CT molecular complexity index is 294. The van der Waals surface area contributed by atoms with Crippen molar-refractivity contribution in [3.8, 4) is 0 Å². The molecule has 1 N–H and O–H groups in total. The van der Waals surface area contributed by atoms with Crippen molar-refractivity contribution >= 4 is 17.1 Å². The maximum Gasteiger partial charge on any atom is 0.138 e. The topological polar surface area (TPSA) is 29.1 Å². The highest BCUT2D eigenvalue weighted by atomic mass is 32.1. The first-order valence-electron chi connectivity index (χ1n) is 5.12. The molecule has 1 atom stereocenters. The first-order valence-corrected chi connectivity index (χ1v) is 6.00. The number of hydrogen-bond donors (Lipinski definition) is 1. The van der Waals surface area contributed by atoms with Gasteiger partial charge in [-0.2, -0.15) is 0 Å². The molecule has 0 spiro atoms. The summed E-state index contributed by atoms with van der Waals surface area (Å²) in [4.78, 5) is 12.9. The maximum atomic E-state index is 11.5. The molecule has 1 aliphatic rings. The molecule has 1 unspecified atom stereocenters. The van der Waals surface area contributed by atoms with Crippen molar-refractivity contribution in [3.63, 3.8) is 0 Å². The number of piperidine rings is 1. The van der Waals surface area contributed by atoms with Crippen LogP contribution in [0, 0.1) is 5.92 Å². The Kier molecular flexibility index (Phi) is 3.32. The van der Waals surface area contributed by atoms with Crippen molar-refractivity contribution in [3.05, 3.63) is 22.4 Å². The minimum atomic E-state index is 0.255. The van der Waals surface area contributed by atoms with Crippen molar-refractivity contribution < 1.29 is 4.79 Å². The molecule has 2 nitrogen and oxygen atoms in total. The number of carbonyl (C=O) groups excluding carboxylic acids is 1. The normalized spacial score (nSPS) is 22.6. The quantitative estimate of drug-likeness (QED) is 0.823. The Balaban J connectivity index is 1.82. The minimum absolute atomic E-state index is 0.255. The zero-order valence-corrected chi connectivity index (χ0v) is 8.98. The molecule has 0 radical (unpaired) electrons. The molecular formula is C11H15NOS. The van der Waals surface area contributed by atoms with Gasteiger partial charge in [0.15, 0.2) is 0 Å². The van der Waals surface area contributed by atoms with Crippen molar-refractivity contribution in [2.45, 2.75) is 19.3 Å². The second-order valence-electron chi connectivity index (χ2n) is 3.74. The Morgan fingerprint density at radius 3 is 3.21 bits per heavy atom. The summed E-state index contributed by atoms with van der Waals surface area (Å²) in [6.07, 6.45) is 2.78. The summed E-state index contributed by atoms with van der Waals surface area (Å²) in [5.74, 6) is 0.700. The number of rotatable bonds is 3. The lowest BCUT2D eigenvalue weighted by Gasteiger charge is -2.21. The van der Waals surface area contributed by atoms with E-state index < -0.39 is 0 Å². The zero-order chi connectivity index (χ0) is 9.80. The van der Waals surface area contributed by atoms with Gasteiger partial charge in [-0.3, -0.25) is 4.79 Å². The van der Waals surface area contributed by atoms with Crippen molar-refractivity contribution in [2.75, 3.05) is 13.1 Å². The molecule has 1 aromatic rings. The maximum absolute atomic E-state index is 11.5. The number of carbonyl (C=O) groups is 1. The minimum Gasteiger partial charge on any atom is -0.316 e. The summed E-state index contributed by atoms with van der Waals surface area (Å²) in [6, 6.07) is 4.21. The molecule has 0 aliphatic carbocycles. The smallest absolute Gasteiger partial charge is 0.138 e. The van der Waals surface area contributed by atoms with E-state index in [1.54, 1.807) is 11.3 Å². The lowest BCUT2D eigenvalue weighted by atomic mass is 9.93. The summed E-state index contributed by atoms with van der Waals surface area (Å²) < 4.78 is 0. The largest absolute Gasteiger partial charge is 0.316 e. The summed E-state index contributed by atoms with van der Waals surface area (Å²) >= 11 is 1.78. The standard InChI is InChI=1S/C11H15NOS/c13-11-5-6-12-8-9(11)3-4-10-2-1-7-14-10/h1-2,7,9,12H,3-6,8H2. The van der Waals surface area contributed by atoms with Crippen LogP contribution in [0.15, 0.2) is 17.5 Å². The molecule has 76 valence electrons. The third-order valence-corrected chi connectivity index (χ3v) is 3.65. The molecule has 3 heteroatoms. The third kappa shape index (κ3) is 2.42. The van der Waals surface area contributed by atoms with Crippen molar-refractivity contribution in [2.24, 2.45) is 5.92 Å². The lowest BCUT2D eigenvalue weighted by molar-refractivity contribution is -0.124. The lowest BCUT2D eigenvalue weighted by Crippen LogP contribution is -2.37. The number of aryl methyl sites for hydroxylation is 1. The van der Waals surface area contributed by atoms with Crippen LogP contribution in [0.4, 0.5) is 0 Å². The second-order valence-corrected chi connectivity index (χ2v) is 4.77. The van der Waals surface area contributed by atoms with Gasteiger partial charge in [0.25, 0.3) is 0 Å². The van der Waals surface area contributed by atoms with Crippen LogP contribution in [0.1, 0.15) is 17.7 Å². The SMILES string of the molecule is O=C1CCNCC1CCc1cccs1. The van der Waals surface area contributed by atoms with Gasteiger partial charge in [-0.05, 0) is 24.3 Å². The molecule has 1 aromatic heterocycles. The average molecular weight is 209 g/mol. The van der Waals surface area contributed by atoms with E-state index in [0.717, 1.165) is 32.4 Å². The number of Topliss-reactive ketones (excluding diaryl/α,β-unsaturated/α-hetero) is 1. The molecular weight excluding hydrogens is 194 g/mol. The fourth-order valence-corrected chi connectivity index (χ4v) is 2.56. The van der Waals surface area contributed by atoms with Gasteiger partial charge in [-0.25, -0.2) is 0 Å². The van der Waals surface area contributed by atoms with Gasteiger partial charge < -0.3 is 5.32 Å². The van der Waals surface area contributed by atoms with E-state index >= 15 is 0 Å². The fourth-order valence-electron chi connectivity index (χ4n) is 1.84. The van der Waals surface area contributed by atoms with E-state index in [1.807, 2.05) is 0 Å². The monoisotopic (exact) mass is 209 g/mol. The van der Waals surface area contributed by atoms with E-state index in [4.69, 9.17) is 0 Å². The highest BCUT2D eigenvalue weighted by Crippen LogP contribution is 2.17. The van der Waals surface area contributed by atoms with Gasteiger partial charge in [-0.1, -0.05) is 6.07 Å². The van der Waals surface area contributed by atoms with Gasteiger partial charge in [0, 0.05) is 30.3 Å². The Labute approximate surface area is 88.3 Å². The van der Waals surface area contributed by atoms with E-state index in [1.165, 1.54) is 4.88 Å². The van der Waals surface area contributed by atoms with Crippen LogP contribution in [0.5, 0.6) is 0 Å². The molecule has 2 rings (SSSR count). The number of hydrogen-bond acceptors (Lipinski definition) is 3. The van der Waals surface area contributed by atoms with Gasteiger partial charge in [0.2, 0.25) is 0 Å². The average Bonchev–Trinajstić information content (AvgIpc) is 2.69. The van der Waals surface area contributed by atoms with Crippen LogP contribution in [0.3, 0.4) is 0 Å². The van der Waals surface area contributed by atoms with Crippen LogP contribution in [-0.2, 0) is 11.2 Å². The van der Waals surface area contributed by atoms with E-state index in [-0.39, 0.29) is 5.92 Å². The summed E-state index contributed by atoms with van der Waals surface area (Å²) in [6.45, 7) is 1.75. The van der Waals surface area contributed by atoms with Crippen LogP contribution in [-0.4, -0.2) is 18.9 Å². The molecule has 2 heterocycles. The molecule has 0 amide bonds. The van der Waals surface area contributed by atoms with Gasteiger partial charge in [0.05, 0.1) is 0 Å². The molecule has 1 fully saturated rings. The first-order chi connectivity index (χ1) is 6.86. The predicted octanol–water partition coefficient (Wildman–Crippen LogP) is 1.86. The first kappa shape index (κ1) is 9.87. The van der Waals surface area contributed by atoms with E-state index in [2.05, 4.69) is 22.8 Å². The number of thiophene rings is 1. The molecule has 1 aliphatic heterocycles. The molecule has 0 aromatic carbocycles. The highest BCUT2D eigenvalue weighted by molar-refractivity contribution is 7.09. The number of ketones is 1. The van der Waals surface area contributed by atoms with Gasteiger partial charge >= 0.3 is 0 Å². The summed E-state index contributed by atoms with van der Waals surface area (Å²) in [5.41, 5.74) is 0. The third-order valence-electron chi connectivity index (χ3n) is 2.71. The van der Waals surface area contributed by atoms with Crippen LogP contribution >= 0.6 is 11.3 Å². The van der Waals surface area contributed by atoms with E-state index in [0.29, 0.717) is 5.78 Å². The second kappa shape index (κ2) is 4.71. The number of nitrogens with one attached hydrogen (secondary N) is 1. The summed E-state index contributed by atoms with van der Waals surface area (Å²) in [7, 11) is 0. The Morgan fingerprint density at radius 2 is 2.50 bits per heavy atom. The Morgan fingerprint density at radius 1 is 1.57 bits per heavy atom. The summed E-state index contributed by atoms with van der Waals surface area (Å²) in [5, 5.41) is 5.37. The van der Waals surface area contributed by atoms with Crippen molar-refractivity contribution in [1.29, 1.82) is 0 Å². The molecule has 0 bridgehead atoms. The van der Waals surface area contributed by atoms with Crippen LogP contribution in [0.2, 0.25) is 0 Å². The fraction of sp³-hybridized carbons (Fsp3) is 0.545.